The smallest absolute Gasteiger partial charge is 0.303 e. The number of carbonyl (C=O) groups is 1. The van der Waals surface area contributed by atoms with E-state index in [1.54, 1.807) is 0 Å². The first kappa shape index (κ1) is 20.3. The summed E-state index contributed by atoms with van der Waals surface area (Å²) in [5.74, 6) is 0.226. The van der Waals surface area contributed by atoms with Crippen molar-refractivity contribution in [3.63, 3.8) is 0 Å². The molecule has 0 heterocycles. The number of carboxylic acid groups (broad SMARTS) is 1. The van der Waals surface area contributed by atoms with Gasteiger partial charge in [-0.2, -0.15) is 0 Å². The number of rotatable bonds is 4. The van der Waals surface area contributed by atoms with Crippen LogP contribution in [0.15, 0.2) is 0 Å². The monoisotopic (exact) mass is 409 g/mol. The van der Waals surface area contributed by atoms with Gasteiger partial charge in [0.1, 0.15) is 0 Å². The second-order valence-corrected chi connectivity index (χ2v) is 11.2. The van der Waals surface area contributed by atoms with Crippen LogP contribution in [0, 0.1) is 46.3 Å². The Morgan fingerprint density at radius 1 is 1.10 bits per heavy atom. The third-order valence-corrected chi connectivity index (χ3v) is 10.0. The van der Waals surface area contributed by atoms with Crippen molar-refractivity contribution < 1.29 is 26.6 Å². The van der Waals surface area contributed by atoms with Gasteiger partial charge in [-0.3, -0.25) is 4.79 Å². The lowest BCUT2D eigenvalue weighted by Crippen LogP contribution is -2.62. The van der Waals surface area contributed by atoms with Crippen LogP contribution >= 0.6 is 0 Å². The quantitative estimate of drug-likeness (QED) is 0.570. The van der Waals surface area contributed by atoms with Gasteiger partial charge in [-0.05, 0) is 97.7 Å². The summed E-state index contributed by atoms with van der Waals surface area (Å²) in [5.41, 5.74) is -0.590. The zero-order chi connectivity index (χ0) is 22.0. The molecule has 29 heavy (non-hydrogen) atoms. The first-order valence-corrected chi connectivity index (χ1v) is 11.7. The minimum atomic E-state index is -0.770. The third kappa shape index (κ3) is 3.27. The van der Waals surface area contributed by atoms with Gasteiger partial charge in [-0.1, -0.05) is 20.8 Å². The number of fused-ring (bicyclic) bond motifs is 5. The van der Waals surface area contributed by atoms with Crippen LogP contribution in [0.1, 0.15) is 79.9 Å². The number of carboxylic acids is 1. The molecule has 0 aromatic heterocycles. The van der Waals surface area contributed by atoms with E-state index in [0.717, 1.165) is 12.8 Å². The van der Waals surface area contributed by atoms with Gasteiger partial charge in [-0.25, -0.2) is 0 Å². The van der Waals surface area contributed by atoms with E-state index in [1.807, 2.05) is 0 Å². The van der Waals surface area contributed by atoms with E-state index < -0.39 is 24.3 Å². The number of aliphatic hydroxyl groups is 3. The molecule has 0 saturated heterocycles. The molecule has 0 aromatic carbocycles. The van der Waals surface area contributed by atoms with Crippen LogP contribution in [-0.4, -0.2) is 44.7 Å². The number of hydrogen-bond acceptors (Lipinski definition) is 4. The van der Waals surface area contributed by atoms with E-state index in [4.69, 9.17) is 6.48 Å². The van der Waals surface area contributed by atoms with Crippen molar-refractivity contribution in [2.75, 3.05) is 0 Å². The highest BCUT2D eigenvalue weighted by molar-refractivity contribution is 5.66. The molecule has 4 saturated carbocycles. The molecule has 0 aliphatic heterocycles. The van der Waals surface area contributed by atoms with E-state index in [-0.39, 0.29) is 59.2 Å². The third-order valence-electron chi connectivity index (χ3n) is 10.0. The summed E-state index contributed by atoms with van der Waals surface area (Å²) in [7, 11) is 0. The van der Waals surface area contributed by atoms with Gasteiger partial charge in [0.2, 0.25) is 0 Å². The van der Waals surface area contributed by atoms with E-state index in [9.17, 15) is 20.1 Å². The molecule has 5 heteroatoms. The van der Waals surface area contributed by atoms with Crippen LogP contribution in [0.25, 0.3) is 0 Å². The molecule has 0 aromatic rings. The summed E-state index contributed by atoms with van der Waals surface area (Å²) in [6.07, 6.45) is 3.33. The first-order valence-electron chi connectivity index (χ1n) is 12.3. The molecular formula is C24H40O5. The Balaban J connectivity index is 1.63. The van der Waals surface area contributed by atoms with Crippen LogP contribution in [0.3, 0.4) is 0 Å². The number of aliphatic carboxylic acids is 1. The second-order valence-electron chi connectivity index (χ2n) is 11.2. The molecule has 4 aliphatic carbocycles. The SMILES string of the molecule is [2H]C1CC(O)CC2CC(O)C3C(CC(O)C4(C)C(C(C)CCC(=O)O)CCC34)C12C. The molecule has 4 aliphatic rings. The minimum absolute atomic E-state index is 0.0828. The highest BCUT2D eigenvalue weighted by Crippen LogP contribution is 2.68. The van der Waals surface area contributed by atoms with Crippen LogP contribution in [0.5, 0.6) is 0 Å². The Labute approximate surface area is 176 Å². The standard InChI is InChI=1S/C24H40O5/c1-13(4-7-21(28)29)16-5-6-17-22-18(12-20(27)24(16,17)3)23(2)9-8-15(25)10-14(23)11-19(22)26/h13-20,22,25-27H,4-12H2,1-3H3,(H,28,29)/i9D. The number of aliphatic hydroxyl groups excluding tert-OH is 3. The number of hydrogen-bond donors (Lipinski definition) is 4. The van der Waals surface area contributed by atoms with Gasteiger partial charge in [0, 0.05) is 7.79 Å². The largest absolute Gasteiger partial charge is 0.481 e. The van der Waals surface area contributed by atoms with E-state index in [2.05, 4.69) is 20.8 Å². The van der Waals surface area contributed by atoms with Crippen LogP contribution in [0.2, 0.25) is 0 Å². The van der Waals surface area contributed by atoms with Crippen molar-refractivity contribution in [1.29, 1.82) is 0 Å². The van der Waals surface area contributed by atoms with Crippen molar-refractivity contribution in [1.82, 2.24) is 0 Å². The van der Waals surface area contributed by atoms with Crippen molar-refractivity contribution in [3.05, 3.63) is 0 Å². The molecule has 0 amide bonds. The average Bonchev–Trinajstić information content (AvgIpc) is 3.01. The average molecular weight is 410 g/mol. The lowest BCUT2D eigenvalue weighted by molar-refractivity contribution is -0.207. The van der Waals surface area contributed by atoms with Gasteiger partial charge < -0.3 is 20.4 Å². The summed E-state index contributed by atoms with van der Waals surface area (Å²) < 4.78 is 8.84. The lowest BCUT2D eigenvalue weighted by Gasteiger charge is -2.63. The Morgan fingerprint density at radius 3 is 2.52 bits per heavy atom. The highest BCUT2D eigenvalue weighted by atomic mass is 16.4. The Kier molecular flexibility index (Phi) is 5.23. The summed E-state index contributed by atoms with van der Waals surface area (Å²) in [5, 5.41) is 42.1. The molecule has 4 rings (SSSR count). The topological polar surface area (TPSA) is 98.0 Å². The highest BCUT2D eigenvalue weighted by Gasteiger charge is 2.65. The van der Waals surface area contributed by atoms with Crippen molar-refractivity contribution in [2.24, 2.45) is 46.3 Å². The molecule has 4 fully saturated rings. The summed E-state index contributed by atoms with van der Waals surface area (Å²) in [4.78, 5) is 11.1. The molecule has 12 atom stereocenters. The maximum atomic E-state index is 11.5. The molecule has 0 bridgehead atoms. The maximum absolute atomic E-state index is 11.5. The predicted octanol–water partition coefficient (Wildman–Crippen LogP) is 3.45. The fourth-order valence-corrected chi connectivity index (χ4v) is 8.43. The first-order chi connectivity index (χ1) is 14.0. The Morgan fingerprint density at radius 2 is 1.83 bits per heavy atom. The molecule has 0 radical (unpaired) electrons. The van der Waals surface area contributed by atoms with Gasteiger partial charge in [-0.15, -0.1) is 0 Å². The predicted molar refractivity (Wildman–Crippen MR) is 110 cm³/mol. The van der Waals surface area contributed by atoms with Gasteiger partial charge >= 0.3 is 5.97 Å². The van der Waals surface area contributed by atoms with E-state index in [1.165, 1.54) is 0 Å². The van der Waals surface area contributed by atoms with Crippen molar-refractivity contribution >= 4 is 5.97 Å². The normalized spacial score (nSPS) is 55.9. The molecule has 12 unspecified atom stereocenters. The minimum Gasteiger partial charge on any atom is -0.481 e. The Bertz CT molecular complexity index is 672. The van der Waals surface area contributed by atoms with Crippen LogP contribution in [0.4, 0.5) is 0 Å². The zero-order valence-corrected chi connectivity index (χ0v) is 18.1. The summed E-state index contributed by atoms with van der Waals surface area (Å²) in [6, 6.07) is 0. The Hall–Kier alpha value is -0.650. The molecular weight excluding hydrogens is 368 g/mol. The van der Waals surface area contributed by atoms with Crippen molar-refractivity contribution in [3.8, 4) is 0 Å². The van der Waals surface area contributed by atoms with Crippen molar-refractivity contribution in [2.45, 2.75) is 96.8 Å². The second kappa shape index (κ2) is 7.49. The molecule has 4 N–H and O–H groups in total. The van der Waals surface area contributed by atoms with Gasteiger partial charge in [0.05, 0.1) is 18.3 Å². The maximum Gasteiger partial charge on any atom is 0.303 e. The van der Waals surface area contributed by atoms with Crippen LogP contribution in [-0.2, 0) is 4.79 Å². The lowest BCUT2D eigenvalue weighted by atomic mass is 9.43. The van der Waals surface area contributed by atoms with E-state index in [0.29, 0.717) is 32.1 Å². The molecule has 166 valence electrons. The van der Waals surface area contributed by atoms with E-state index >= 15 is 0 Å². The van der Waals surface area contributed by atoms with Gasteiger partial charge in [0.15, 0.2) is 0 Å². The molecule has 0 spiro atoms. The fraction of sp³-hybridized carbons (Fsp3) is 0.958. The van der Waals surface area contributed by atoms with Gasteiger partial charge in [0.25, 0.3) is 0 Å². The summed E-state index contributed by atoms with van der Waals surface area (Å²) >= 11 is 0. The zero-order valence-electron chi connectivity index (χ0n) is 19.1. The fourth-order valence-electron chi connectivity index (χ4n) is 8.43. The van der Waals surface area contributed by atoms with Crippen LogP contribution < -0.4 is 0 Å². The molecule has 5 nitrogen and oxygen atoms in total. The summed E-state index contributed by atoms with van der Waals surface area (Å²) in [6.45, 7) is 6.48.